The van der Waals surface area contributed by atoms with Gasteiger partial charge in [0.25, 0.3) is 0 Å². The predicted octanol–water partition coefficient (Wildman–Crippen LogP) is 3.74. The molecule has 2 nitrogen and oxygen atoms in total. The van der Waals surface area contributed by atoms with Crippen LogP contribution in [0.15, 0.2) is 49.2 Å². The summed E-state index contributed by atoms with van der Waals surface area (Å²) in [7, 11) is 0. The first-order chi connectivity index (χ1) is 8.91. The van der Waals surface area contributed by atoms with Crippen LogP contribution in [0.5, 0.6) is 0 Å². The Balaban J connectivity index is 2.60. The molecule has 0 amide bonds. The first kappa shape index (κ1) is 13.1. The lowest BCUT2D eigenvalue weighted by Crippen LogP contribution is -2.12. The Morgan fingerprint density at radius 1 is 1.11 bits per heavy atom. The van der Waals surface area contributed by atoms with Crippen LogP contribution in [-0.2, 0) is 6.18 Å². The van der Waals surface area contributed by atoms with Crippen molar-refractivity contribution in [2.24, 2.45) is 0 Å². The van der Waals surface area contributed by atoms with E-state index in [1.165, 1.54) is 0 Å². The fraction of sp³-hybridized carbons (Fsp3) is 0.0714. The molecule has 1 aromatic heterocycles. The van der Waals surface area contributed by atoms with Crippen LogP contribution >= 0.6 is 0 Å². The number of pyridine rings is 1. The summed E-state index contributed by atoms with van der Waals surface area (Å²) >= 11 is 0. The van der Waals surface area contributed by atoms with E-state index in [0.717, 1.165) is 12.3 Å². The Morgan fingerprint density at radius 3 is 2.32 bits per heavy atom. The van der Waals surface area contributed by atoms with Gasteiger partial charge in [0.05, 0.1) is 5.56 Å². The van der Waals surface area contributed by atoms with Crippen LogP contribution in [0.1, 0.15) is 16.7 Å². The Kier molecular flexibility index (Phi) is 3.29. The standard InChI is InChI=1S/C14H11F3N2/c1-9(10-5-3-2-4-6-10)12-11(14(15,16)17)7-8-19-13(12)18/h2-8H,1H2,(H2,18,19). The maximum atomic E-state index is 13.0. The highest BCUT2D eigenvalue weighted by Crippen LogP contribution is 2.38. The highest BCUT2D eigenvalue weighted by Gasteiger charge is 2.35. The molecule has 0 radical (unpaired) electrons. The molecule has 0 aliphatic rings. The van der Waals surface area contributed by atoms with Crippen molar-refractivity contribution in [2.75, 3.05) is 5.73 Å². The van der Waals surface area contributed by atoms with E-state index in [2.05, 4.69) is 11.6 Å². The molecule has 0 saturated heterocycles. The summed E-state index contributed by atoms with van der Waals surface area (Å²) < 4.78 is 38.9. The van der Waals surface area contributed by atoms with Gasteiger partial charge < -0.3 is 5.73 Å². The Morgan fingerprint density at radius 2 is 1.74 bits per heavy atom. The first-order valence-corrected chi connectivity index (χ1v) is 5.47. The van der Waals surface area contributed by atoms with Gasteiger partial charge in [-0.15, -0.1) is 0 Å². The van der Waals surface area contributed by atoms with Crippen molar-refractivity contribution in [1.29, 1.82) is 0 Å². The van der Waals surface area contributed by atoms with Crippen molar-refractivity contribution in [3.05, 3.63) is 65.9 Å². The van der Waals surface area contributed by atoms with E-state index in [0.29, 0.717) is 5.56 Å². The molecule has 0 bridgehead atoms. The quantitative estimate of drug-likeness (QED) is 0.897. The van der Waals surface area contributed by atoms with Gasteiger partial charge in [0, 0.05) is 11.8 Å². The van der Waals surface area contributed by atoms with E-state index in [4.69, 9.17) is 5.73 Å². The number of hydrogen-bond acceptors (Lipinski definition) is 2. The zero-order valence-corrected chi connectivity index (χ0v) is 9.91. The van der Waals surface area contributed by atoms with Gasteiger partial charge in [0.2, 0.25) is 0 Å². The average Bonchev–Trinajstić information content (AvgIpc) is 2.37. The molecule has 2 N–H and O–H groups in total. The summed E-state index contributed by atoms with van der Waals surface area (Å²) in [5, 5.41) is 0. The lowest BCUT2D eigenvalue weighted by Gasteiger charge is -2.16. The monoisotopic (exact) mass is 264 g/mol. The number of aromatic nitrogens is 1. The highest BCUT2D eigenvalue weighted by atomic mass is 19.4. The van der Waals surface area contributed by atoms with Crippen molar-refractivity contribution in [3.8, 4) is 0 Å². The Hall–Kier alpha value is -2.30. The molecule has 1 heterocycles. The number of rotatable bonds is 2. The molecule has 19 heavy (non-hydrogen) atoms. The maximum absolute atomic E-state index is 13.0. The van der Waals surface area contributed by atoms with Gasteiger partial charge in [0.15, 0.2) is 0 Å². The molecule has 5 heteroatoms. The number of halogens is 3. The van der Waals surface area contributed by atoms with E-state index in [1.54, 1.807) is 30.3 Å². The van der Waals surface area contributed by atoms with E-state index in [1.807, 2.05) is 0 Å². The summed E-state index contributed by atoms with van der Waals surface area (Å²) in [5.41, 5.74) is 5.38. The first-order valence-electron chi connectivity index (χ1n) is 5.47. The van der Waals surface area contributed by atoms with Crippen molar-refractivity contribution >= 4 is 11.4 Å². The van der Waals surface area contributed by atoms with Crippen molar-refractivity contribution in [2.45, 2.75) is 6.18 Å². The maximum Gasteiger partial charge on any atom is 0.417 e. The number of nitrogens with zero attached hydrogens (tertiary/aromatic N) is 1. The molecule has 0 unspecified atom stereocenters. The average molecular weight is 264 g/mol. The fourth-order valence-corrected chi connectivity index (χ4v) is 1.82. The number of anilines is 1. The number of benzene rings is 1. The molecule has 98 valence electrons. The lowest BCUT2D eigenvalue weighted by molar-refractivity contribution is -0.137. The highest BCUT2D eigenvalue weighted by molar-refractivity contribution is 5.84. The second-order valence-electron chi connectivity index (χ2n) is 3.96. The Bertz CT molecular complexity index is 604. The molecule has 0 atom stereocenters. The topological polar surface area (TPSA) is 38.9 Å². The van der Waals surface area contributed by atoms with Gasteiger partial charge in [-0.2, -0.15) is 13.2 Å². The molecular formula is C14H11F3N2. The van der Waals surface area contributed by atoms with Gasteiger partial charge >= 0.3 is 6.18 Å². The smallest absolute Gasteiger partial charge is 0.383 e. The molecule has 2 aromatic rings. The zero-order valence-electron chi connectivity index (χ0n) is 9.91. The second kappa shape index (κ2) is 4.76. The van der Waals surface area contributed by atoms with Gasteiger partial charge in [-0.1, -0.05) is 36.9 Å². The van der Waals surface area contributed by atoms with Crippen LogP contribution in [0.2, 0.25) is 0 Å². The normalized spacial score (nSPS) is 11.3. The summed E-state index contributed by atoms with van der Waals surface area (Å²) in [6.07, 6.45) is -3.45. The molecule has 0 saturated carbocycles. The minimum absolute atomic E-state index is 0.166. The van der Waals surface area contributed by atoms with Gasteiger partial charge in [-0.25, -0.2) is 4.98 Å². The number of nitrogens with two attached hydrogens (primary N) is 1. The molecule has 0 fully saturated rings. The number of alkyl halides is 3. The van der Waals surface area contributed by atoms with Crippen LogP contribution in [0, 0.1) is 0 Å². The molecule has 0 aliphatic heterocycles. The van der Waals surface area contributed by atoms with Crippen molar-refractivity contribution in [3.63, 3.8) is 0 Å². The van der Waals surface area contributed by atoms with Gasteiger partial charge in [-0.05, 0) is 17.2 Å². The van der Waals surface area contributed by atoms with E-state index >= 15 is 0 Å². The molecule has 2 rings (SSSR count). The molecule has 1 aromatic carbocycles. The summed E-state index contributed by atoms with van der Waals surface area (Å²) in [6, 6.07) is 9.47. The summed E-state index contributed by atoms with van der Waals surface area (Å²) in [5.74, 6) is -0.177. The van der Waals surface area contributed by atoms with Crippen LogP contribution in [0.4, 0.5) is 19.0 Å². The van der Waals surface area contributed by atoms with E-state index < -0.39 is 11.7 Å². The van der Waals surface area contributed by atoms with Crippen LogP contribution in [0.25, 0.3) is 5.57 Å². The van der Waals surface area contributed by atoms with Crippen LogP contribution < -0.4 is 5.73 Å². The van der Waals surface area contributed by atoms with Crippen LogP contribution in [0.3, 0.4) is 0 Å². The molecular weight excluding hydrogens is 253 g/mol. The zero-order chi connectivity index (χ0) is 14.0. The Labute approximate surface area is 108 Å². The van der Waals surface area contributed by atoms with Crippen LogP contribution in [-0.4, -0.2) is 4.98 Å². The number of hydrogen-bond donors (Lipinski definition) is 1. The third-order valence-electron chi connectivity index (χ3n) is 2.71. The minimum atomic E-state index is -4.50. The third kappa shape index (κ3) is 2.59. The summed E-state index contributed by atoms with van der Waals surface area (Å²) in [4.78, 5) is 3.72. The lowest BCUT2D eigenvalue weighted by atomic mass is 9.96. The van der Waals surface area contributed by atoms with Gasteiger partial charge in [0.1, 0.15) is 5.82 Å². The fourth-order valence-electron chi connectivity index (χ4n) is 1.82. The molecule has 0 aliphatic carbocycles. The minimum Gasteiger partial charge on any atom is -0.383 e. The van der Waals surface area contributed by atoms with Crippen molar-refractivity contribution < 1.29 is 13.2 Å². The predicted molar refractivity (Wildman–Crippen MR) is 68.2 cm³/mol. The van der Waals surface area contributed by atoms with Crippen molar-refractivity contribution in [1.82, 2.24) is 4.98 Å². The SMILES string of the molecule is C=C(c1ccccc1)c1c(C(F)(F)F)ccnc1N. The largest absolute Gasteiger partial charge is 0.417 e. The van der Waals surface area contributed by atoms with E-state index in [-0.39, 0.29) is 17.0 Å². The third-order valence-corrected chi connectivity index (χ3v) is 2.71. The number of nitrogen functional groups attached to an aromatic ring is 1. The second-order valence-corrected chi connectivity index (χ2v) is 3.96. The van der Waals surface area contributed by atoms with E-state index in [9.17, 15) is 13.2 Å². The summed E-state index contributed by atoms with van der Waals surface area (Å²) in [6.45, 7) is 3.71. The van der Waals surface area contributed by atoms with Gasteiger partial charge in [-0.3, -0.25) is 0 Å². The molecule has 0 spiro atoms.